The molecule has 0 saturated heterocycles. The number of aryl methyl sites for hydroxylation is 2. The summed E-state index contributed by atoms with van der Waals surface area (Å²) in [6, 6.07) is 95.6. The minimum atomic E-state index is -1.71. The van der Waals surface area contributed by atoms with Gasteiger partial charge in [0.25, 0.3) is 0 Å². The summed E-state index contributed by atoms with van der Waals surface area (Å²) in [4.78, 5) is 45.8. The predicted molar refractivity (Wildman–Crippen MR) is 407 cm³/mol. The standard InChI is InChI=1S/2C43H32BrN5O3/c2*1-3-51-28-46-39-36(27-45)42(38-29(2)47-49(40(38)52-39)34-22-14-7-15-23-34)35-25-24-33(44)26-37(35)48(41(42)50)43(30-16-8-4-9-17-30,31-18-10-5-11-19-31)32-20-12-6-13-21-32/h2*4-26,28H,3H2,1-2H3/b2*46-28+/t2*42-/m00/s1. The van der Waals surface area contributed by atoms with E-state index >= 15 is 9.59 Å². The van der Waals surface area contributed by atoms with Gasteiger partial charge in [0.05, 0.1) is 58.5 Å². The van der Waals surface area contributed by atoms with Gasteiger partial charge >= 0.3 is 0 Å². The van der Waals surface area contributed by atoms with E-state index in [1.807, 2.05) is 317 Å². The quantitative estimate of drug-likeness (QED) is 0.0512. The van der Waals surface area contributed by atoms with Gasteiger partial charge in [-0.05, 0) is 110 Å². The number of aromatic nitrogens is 4. The SMILES string of the molecule is CCO/C=N/C1=C(C#N)[C@]2(C(=O)N(C(c3ccccc3)(c3ccccc3)c3ccccc3)c3cc(Br)ccc32)c2c(C)nn(-c3ccccc3)c2O1.CCO/C=N/C1=C(C#N)[C@]2(C(=O)N(C(c3ccccc3)(c3ccccc3)c3ccccc3)c3cc(Br)ccc32)c2c(C)nn(-c3ccccc3)c2O1. The van der Waals surface area contributed by atoms with E-state index in [9.17, 15) is 10.5 Å². The number of fused-ring (bicyclic) bond motifs is 8. The first-order valence-electron chi connectivity index (χ1n) is 33.8. The molecule has 0 radical (unpaired) electrons. The Hall–Kier alpha value is -12.5. The number of ether oxygens (including phenoxy) is 4. The summed E-state index contributed by atoms with van der Waals surface area (Å²) in [6.07, 6.45) is 2.51. The van der Waals surface area contributed by atoms with Gasteiger partial charge in [-0.2, -0.15) is 30.7 Å². The highest BCUT2D eigenvalue weighted by Crippen LogP contribution is 2.64. The Kier molecular flexibility index (Phi) is 18.0. The fourth-order valence-electron chi connectivity index (χ4n) is 15.5. The summed E-state index contributed by atoms with van der Waals surface area (Å²) in [6.45, 7) is 8.08. The highest BCUT2D eigenvalue weighted by atomic mass is 79.9. The number of aliphatic imine (C=N–C) groups is 2. The molecule has 2 atom stereocenters. The van der Waals surface area contributed by atoms with E-state index in [2.05, 4.69) is 54.0 Å². The van der Waals surface area contributed by atoms with Crippen LogP contribution in [-0.4, -0.2) is 57.4 Å². The van der Waals surface area contributed by atoms with E-state index in [1.54, 1.807) is 9.36 Å². The van der Waals surface area contributed by atoms with Crippen LogP contribution in [0.4, 0.5) is 11.4 Å². The largest absolute Gasteiger partial charge is 0.483 e. The molecule has 2 amide bonds. The summed E-state index contributed by atoms with van der Waals surface area (Å²) in [5.74, 6) is -0.208. The van der Waals surface area contributed by atoms with Gasteiger partial charge in [0.2, 0.25) is 35.3 Å². The molecule has 104 heavy (non-hydrogen) atoms. The van der Waals surface area contributed by atoms with E-state index in [4.69, 9.17) is 29.1 Å². The van der Waals surface area contributed by atoms with Gasteiger partial charge in [-0.1, -0.05) is 262 Å². The maximum Gasteiger partial charge on any atom is 0.249 e. The molecule has 0 unspecified atom stereocenters. The zero-order valence-electron chi connectivity index (χ0n) is 56.8. The normalized spacial score (nSPS) is 16.5. The molecule has 16 nitrogen and oxygen atoms in total. The minimum absolute atomic E-state index is 0.0332. The first kappa shape index (κ1) is 67.3. The summed E-state index contributed by atoms with van der Waals surface area (Å²) >= 11 is 7.46. The number of benzene rings is 10. The predicted octanol–water partition coefficient (Wildman–Crippen LogP) is 17.5. The monoisotopic (exact) mass is 1490 g/mol. The number of halogens is 2. The lowest BCUT2D eigenvalue weighted by Crippen LogP contribution is -2.55. The van der Waals surface area contributed by atoms with Crippen molar-refractivity contribution >= 4 is 67.9 Å². The number of carbonyl (C=O) groups is 2. The second-order valence-electron chi connectivity index (χ2n) is 24.9. The van der Waals surface area contributed by atoms with E-state index in [-0.39, 0.29) is 34.7 Å². The molecule has 0 saturated carbocycles. The van der Waals surface area contributed by atoms with Gasteiger partial charge in [0, 0.05) is 20.1 Å². The molecule has 12 aromatic rings. The number of nitrogens with zero attached hydrogens (tertiary/aromatic N) is 10. The second kappa shape index (κ2) is 27.8. The second-order valence-corrected chi connectivity index (χ2v) is 26.7. The number of hydrogen-bond donors (Lipinski definition) is 0. The molecule has 4 aliphatic rings. The number of nitriles is 2. The molecule has 2 aromatic heterocycles. The Balaban J connectivity index is 0.000000167. The third-order valence-electron chi connectivity index (χ3n) is 19.5. The van der Waals surface area contributed by atoms with Crippen LogP contribution in [0.3, 0.4) is 0 Å². The molecule has 6 heterocycles. The summed E-state index contributed by atoms with van der Waals surface area (Å²) in [5, 5.41) is 32.3. The van der Waals surface area contributed by atoms with Crippen molar-refractivity contribution in [1.82, 2.24) is 19.6 Å². The average molecular weight is 1490 g/mol. The first-order valence-corrected chi connectivity index (χ1v) is 35.4. The Bertz CT molecular complexity index is 4960. The number of para-hydroxylation sites is 2. The lowest BCUT2D eigenvalue weighted by atomic mass is 9.68. The van der Waals surface area contributed by atoms with Crippen LogP contribution in [0.25, 0.3) is 11.4 Å². The average Bonchev–Trinajstić information content (AvgIpc) is 1.50. The van der Waals surface area contributed by atoms with Crippen molar-refractivity contribution in [1.29, 1.82) is 10.5 Å². The third kappa shape index (κ3) is 10.4. The van der Waals surface area contributed by atoms with Crippen molar-refractivity contribution in [2.75, 3.05) is 23.0 Å². The maximum absolute atomic E-state index is 16.5. The van der Waals surface area contributed by atoms with E-state index in [1.165, 1.54) is 12.8 Å². The van der Waals surface area contributed by atoms with Gasteiger partial charge in [-0.3, -0.25) is 19.4 Å². The number of rotatable bonds is 16. The lowest BCUT2D eigenvalue weighted by Gasteiger charge is -2.45. The molecular formula is C86H64Br2N10O6. The molecule has 2 spiro atoms. The highest BCUT2D eigenvalue weighted by molar-refractivity contribution is 9.10. The molecule has 10 aromatic carbocycles. The Morgan fingerprint density at radius 2 is 0.721 bits per heavy atom. The fourth-order valence-corrected chi connectivity index (χ4v) is 16.2. The zero-order chi connectivity index (χ0) is 71.7. The van der Waals surface area contributed by atoms with Crippen LogP contribution in [0.1, 0.15) is 80.9 Å². The number of anilines is 2. The molecule has 0 fully saturated rings. The first-order chi connectivity index (χ1) is 50.9. The van der Waals surface area contributed by atoms with Crippen LogP contribution in [0.15, 0.2) is 321 Å². The van der Waals surface area contributed by atoms with Crippen LogP contribution in [0, 0.1) is 36.5 Å². The van der Waals surface area contributed by atoms with E-state index in [0.717, 1.165) is 53.7 Å². The Labute approximate surface area is 618 Å². The highest BCUT2D eigenvalue weighted by Gasteiger charge is 2.67. The van der Waals surface area contributed by atoms with Crippen molar-refractivity contribution in [2.24, 2.45) is 9.98 Å². The van der Waals surface area contributed by atoms with Crippen molar-refractivity contribution in [3.63, 3.8) is 0 Å². The fraction of sp³-hybridized carbons (Fsp3) is 0.116. The van der Waals surface area contributed by atoms with Crippen LogP contribution in [0.5, 0.6) is 11.8 Å². The zero-order valence-corrected chi connectivity index (χ0v) is 60.0. The number of carbonyl (C=O) groups excluding carboxylic acids is 2. The molecule has 508 valence electrons. The van der Waals surface area contributed by atoms with Gasteiger partial charge in [-0.25, -0.2) is 9.36 Å². The van der Waals surface area contributed by atoms with Gasteiger partial charge in [0.1, 0.15) is 45.2 Å². The molecule has 4 aliphatic heterocycles. The van der Waals surface area contributed by atoms with Crippen LogP contribution in [0.2, 0.25) is 0 Å². The van der Waals surface area contributed by atoms with Crippen LogP contribution in [-0.2, 0) is 41.0 Å². The third-order valence-corrected chi connectivity index (χ3v) is 20.5. The molecule has 18 heteroatoms. The van der Waals surface area contributed by atoms with Gasteiger partial charge in [0.15, 0.2) is 12.8 Å². The number of amides is 2. The molecule has 0 N–H and O–H groups in total. The van der Waals surface area contributed by atoms with Gasteiger partial charge < -0.3 is 18.9 Å². The Morgan fingerprint density at radius 1 is 0.442 bits per heavy atom. The van der Waals surface area contributed by atoms with Crippen molar-refractivity contribution in [3.8, 4) is 35.3 Å². The molecule has 0 bridgehead atoms. The van der Waals surface area contributed by atoms with Crippen LogP contribution < -0.4 is 19.3 Å². The topological polar surface area (TPSA) is 185 Å². The molecule has 0 aliphatic carbocycles. The Morgan fingerprint density at radius 3 is 0.990 bits per heavy atom. The smallest absolute Gasteiger partial charge is 0.249 e. The summed E-state index contributed by atoms with van der Waals surface area (Å²) in [7, 11) is 0. The summed E-state index contributed by atoms with van der Waals surface area (Å²) < 4.78 is 29.0. The minimum Gasteiger partial charge on any atom is -0.483 e. The van der Waals surface area contributed by atoms with E-state index in [0.29, 0.717) is 70.0 Å². The van der Waals surface area contributed by atoms with Crippen molar-refractivity contribution < 1.29 is 28.5 Å². The molecule has 16 rings (SSSR count). The number of hydrogen-bond acceptors (Lipinski definition) is 12. The molecular weight excluding hydrogens is 1430 g/mol. The van der Waals surface area contributed by atoms with E-state index < -0.39 is 21.9 Å². The lowest BCUT2D eigenvalue weighted by molar-refractivity contribution is -0.122. The van der Waals surface area contributed by atoms with Crippen molar-refractivity contribution in [2.45, 2.75) is 49.6 Å². The van der Waals surface area contributed by atoms with Gasteiger partial charge in [-0.15, -0.1) is 0 Å². The maximum atomic E-state index is 16.5. The summed E-state index contributed by atoms with van der Waals surface area (Å²) in [5.41, 5.74) is 5.36. The van der Waals surface area contributed by atoms with Crippen LogP contribution >= 0.6 is 31.9 Å². The van der Waals surface area contributed by atoms with Crippen molar-refractivity contribution in [3.05, 3.63) is 378 Å².